The van der Waals surface area contributed by atoms with E-state index in [2.05, 4.69) is 34.2 Å². The molecule has 0 aliphatic carbocycles. The molecule has 1 N–H and O–H groups in total. The van der Waals surface area contributed by atoms with Crippen LogP contribution in [0.4, 0.5) is 0 Å². The maximum Gasteiger partial charge on any atom is 0.194 e. The fourth-order valence-electron chi connectivity index (χ4n) is 3.24. The lowest BCUT2D eigenvalue weighted by Gasteiger charge is -2.35. The first-order valence-corrected chi connectivity index (χ1v) is 9.09. The lowest BCUT2D eigenvalue weighted by atomic mass is 10.1. The van der Waals surface area contributed by atoms with E-state index in [4.69, 9.17) is 14.5 Å². The van der Waals surface area contributed by atoms with Crippen LogP contribution in [0.3, 0.4) is 0 Å². The Morgan fingerprint density at radius 1 is 1.27 bits per heavy atom. The topological polar surface area (TPSA) is 67.2 Å². The largest absolute Gasteiger partial charge is 0.374 e. The minimum absolute atomic E-state index is 0. The van der Waals surface area contributed by atoms with Gasteiger partial charge < -0.3 is 24.6 Å². The summed E-state index contributed by atoms with van der Waals surface area (Å²) in [6, 6.07) is 0. The number of morpholine rings is 2. The predicted octanol–water partition coefficient (Wildman–Crippen LogP) is 0.708. The zero-order valence-corrected chi connectivity index (χ0v) is 18.3. The summed E-state index contributed by atoms with van der Waals surface area (Å²) in [5.41, 5.74) is 1.11. The van der Waals surface area contributed by atoms with Gasteiger partial charge in [-0.05, 0) is 14.0 Å². The van der Waals surface area contributed by atoms with Gasteiger partial charge in [-0.1, -0.05) is 0 Å². The fourth-order valence-corrected chi connectivity index (χ4v) is 3.24. The molecule has 2 saturated heterocycles. The van der Waals surface area contributed by atoms with E-state index in [0.29, 0.717) is 13.2 Å². The van der Waals surface area contributed by atoms with E-state index in [9.17, 15) is 0 Å². The quantitative estimate of drug-likeness (QED) is 0.391. The number of aliphatic imine (C=N–C) groups is 1. The lowest BCUT2D eigenvalue weighted by Crippen LogP contribution is -2.49. The summed E-state index contributed by atoms with van der Waals surface area (Å²) in [4.78, 5) is 9.40. The van der Waals surface area contributed by atoms with Crippen LogP contribution in [-0.2, 0) is 16.5 Å². The van der Waals surface area contributed by atoms with Gasteiger partial charge in [0.05, 0.1) is 38.6 Å². The van der Waals surface area contributed by atoms with Crippen molar-refractivity contribution in [3.8, 4) is 0 Å². The number of likely N-dealkylation sites (N-methyl/N-ethyl adjacent to an activating group) is 1. The Bertz CT molecular complexity index is 581. The average Bonchev–Trinajstić information content (AvgIpc) is 3.05. The molecule has 0 saturated carbocycles. The van der Waals surface area contributed by atoms with Gasteiger partial charge in [0.1, 0.15) is 6.10 Å². The summed E-state index contributed by atoms with van der Waals surface area (Å²) in [5, 5.41) is 7.66. The number of aryl methyl sites for hydroxylation is 1. The van der Waals surface area contributed by atoms with E-state index in [0.717, 1.165) is 50.9 Å². The second-order valence-corrected chi connectivity index (χ2v) is 6.70. The molecule has 1 aromatic rings. The number of halogens is 1. The van der Waals surface area contributed by atoms with E-state index in [1.54, 1.807) is 0 Å². The van der Waals surface area contributed by atoms with Gasteiger partial charge in [-0.2, -0.15) is 5.10 Å². The van der Waals surface area contributed by atoms with Gasteiger partial charge in [-0.25, -0.2) is 0 Å². The molecule has 0 radical (unpaired) electrons. The van der Waals surface area contributed by atoms with Gasteiger partial charge in [0.2, 0.25) is 0 Å². The Hall–Kier alpha value is -0.910. The molecule has 0 bridgehead atoms. The molecule has 1 aromatic heterocycles. The molecule has 0 amide bonds. The van der Waals surface area contributed by atoms with Crippen molar-refractivity contribution in [3.05, 3.63) is 18.0 Å². The van der Waals surface area contributed by atoms with E-state index >= 15 is 0 Å². The van der Waals surface area contributed by atoms with Crippen LogP contribution >= 0.6 is 24.0 Å². The Labute approximate surface area is 172 Å². The third-order valence-corrected chi connectivity index (χ3v) is 4.58. The average molecular weight is 478 g/mol. The summed E-state index contributed by atoms with van der Waals surface area (Å²) < 4.78 is 13.6. The molecule has 8 nitrogen and oxygen atoms in total. The molecule has 3 heterocycles. The van der Waals surface area contributed by atoms with E-state index in [1.807, 2.05) is 24.1 Å². The first-order valence-electron chi connectivity index (χ1n) is 9.09. The monoisotopic (exact) mass is 478 g/mol. The first kappa shape index (κ1) is 21.4. The van der Waals surface area contributed by atoms with Crippen LogP contribution in [0.25, 0.3) is 0 Å². The molecule has 2 atom stereocenters. The summed E-state index contributed by atoms with van der Waals surface area (Å²) in [6.07, 6.45) is 4.10. The smallest absolute Gasteiger partial charge is 0.194 e. The number of ether oxygens (including phenoxy) is 2. The van der Waals surface area contributed by atoms with Crippen LogP contribution in [0.2, 0.25) is 0 Å². The highest BCUT2D eigenvalue weighted by molar-refractivity contribution is 14.0. The van der Waals surface area contributed by atoms with E-state index in [1.165, 1.54) is 0 Å². The molecule has 2 aliphatic rings. The normalized spacial score (nSPS) is 25.0. The van der Waals surface area contributed by atoms with Crippen molar-refractivity contribution in [2.75, 3.05) is 59.5 Å². The number of hydrogen-bond acceptors (Lipinski definition) is 5. The van der Waals surface area contributed by atoms with Gasteiger partial charge in [0.15, 0.2) is 5.96 Å². The Balaban J connectivity index is 0.00000243. The molecule has 148 valence electrons. The van der Waals surface area contributed by atoms with Crippen molar-refractivity contribution in [1.82, 2.24) is 24.9 Å². The molecule has 0 spiro atoms. The van der Waals surface area contributed by atoms with E-state index < -0.39 is 0 Å². The van der Waals surface area contributed by atoms with Crippen molar-refractivity contribution in [3.63, 3.8) is 0 Å². The molecule has 3 rings (SSSR count). The maximum atomic E-state index is 5.94. The zero-order valence-electron chi connectivity index (χ0n) is 15.9. The molecule has 2 fully saturated rings. The van der Waals surface area contributed by atoms with Gasteiger partial charge in [-0.3, -0.25) is 9.67 Å². The van der Waals surface area contributed by atoms with Gasteiger partial charge in [-0.15, -0.1) is 24.0 Å². The SMILES string of the molecule is CCNC(=NCC1CN(C)CCO1)N1CCOC(c2cnn(C)c2)C1.I. The summed E-state index contributed by atoms with van der Waals surface area (Å²) in [6.45, 7) is 8.65. The van der Waals surface area contributed by atoms with Crippen LogP contribution in [0.15, 0.2) is 17.4 Å². The number of rotatable bonds is 4. The van der Waals surface area contributed by atoms with Crippen LogP contribution < -0.4 is 5.32 Å². The first-order chi connectivity index (χ1) is 12.2. The summed E-state index contributed by atoms with van der Waals surface area (Å²) in [7, 11) is 4.06. The summed E-state index contributed by atoms with van der Waals surface area (Å²) >= 11 is 0. The van der Waals surface area contributed by atoms with Crippen molar-refractivity contribution in [1.29, 1.82) is 0 Å². The van der Waals surface area contributed by atoms with Crippen molar-refractivity contribution < 1.29 is 9.47 Å². The minimum atomic E-state index is 0. The van der Waals surface area contributed by atoms with E-state index in [-0.39, 0.29) is 36.2 Å². The van der Waals surface area contributed by atoms with Crippen molar-refractivity contribution in [2.24, 2.45) is 12.0 Å². The molecular formula is C17H31IN6O2. The highest BCUT2D eigenvalue weighted by atomic mass is 127. The standard InChI is InChI=1S/C17H30N6O2.HI/c1-4-18-17(19-10-15-12-21(2)5-7-24-15)23-6-8-25-16(13-23)14-9-20-22(3)11-14;/h9,11,15-16H,4-8,10,12-13H2,1-3H3,(H,18,19);1H. The van der Waals surface area contributed by atoms with Gasteiger partial charge in [0, 0.05) is 45.0 Å². The Morgan fingerprint density at radius 2 is 2.08 bits per heavy atom. The third kappa shape index (κ3) is 5.80. The van der Waals surface area contributed by atoms with Crippen LogP contribution in [0.5, 0.6) is 0 Å². The molecule has 2 aliphatic heterocycles. The highest BCUT2D eigenvalue weighted by Crippen LogP contribution is 2.21. The van der Waals surface area contributed by atoms with Gasteiger partial charge >= 0.3 is 0 Å². The zero-order chi connectivity index (χ0) is 17.6. The number of guanidine groups is 1. The predicted molar refractivity (Wildman–Crippen MR) is 112 cm³/mol. The summed E-state index contributed by atoms with van der Waals surface area (Å²) in [5.74, 6) is 0.941. The molecule has 26 heavy (non-hydrogen) atoms. The number of nitrogens with one attached hydrogen (secondary N) is 1. The fraction of sp³-hybridized carbons (Fsp3) is 0.765. The second-order valence-electron chi connectivity index (χ2n) is 6.70. The number of nitrogens with zero attached hydrogens (tertiary/aromatic N) is 5. The molecule has 0 aromatic carbocycles. The Kier molecular flexibility index (Phi) is 8.58. The highest BCUT2D eigenvalue weighted by Gasteiger charge is 2.25. The molecule has 2 unspecified atom stereocenters. The van der Waals surface area contributed by atoms with Crippen molar-refractivity contribution >= 4 is 29.9 Å². The van der Waals surface area contributed by atoms with Crippen LogP contribution in [0, 0.1) is 0 Å². The molecule has 9 heteroatoms. The van der Waals surface area contributed by atoms with Gasteiger partial charge in [0.25, 0.3) is 0 Å². The third-order valence-electron chi connectivity index (χ3n) is 4.58. The second kappa shape index (κ2) is 10.4. The molecular weight excluding hydrogens is 447 g/mol. The van der Waals surface area contributed by atoms with Crippen LogP contribution in [-0.4, -0.2) is 91.2 Å². The Morgan fingerprint density at radius 3 is 2.77 bits per heavy atom. The number of aromatic nitrogens is 2. The van der Waals surface area contributed by atoms with Crippen LogP contribution in [0.1, 0.15) is 18.6 Å². The maximum absolute atomic E-state index is 5.94. The minimum Gasteiger partial charge on any atom is -0.374 e. The number of hydrogen-bond donors (Lipinski definition) is 1. The van der Waals surface area contributed by atoms with Crippen molar-refractivity contribution in [2.45, 2.75) is 19.1 Å². The lowest BCUT2D eigenvalue weighted by molar-refractivity contribution is -0.0153.